The third-order valence-corrected chi connectivity index (χ3v) is 2.88. The molecule has 96 valence electrons. The zero-order valence-electron chi connectivity index (χ0n) is 10.6. The first kappa shape index (κ1) is 14.2. The van der Waals surface area contributed by atoms with E-state index in [0.717, 1.165) is 24.2 Å². The molecule has 0 fully saturated rings. The van der Waals surface area contributed by atoms with Gasteiger partial charge in [0.2, 0.25) is 0 Å². The Morgan fingerprint density at radius 2 is 2.12 bits per heavy atom. The maximum atomic E-state index is 9.20. The summed E-state index contributed by atoms with van der Waals surface area (Å²) in [5.74, 6) is 0.772. The average Bonchev–Trinajstić information content (AvgIpc) is 2.30. The maximum absolute atomic E-state index is 9.20. The number of aromatic nitrogens is 2. The lowest BCUT2D eigenvalue weighted by Gasteiger charge is -2.23. The number of nitrogens with one attached hydrogen (secondary N) is 1. The van der Waals surface area contributed by atoms with Gasteiger partial charge in [0.25, 0.3) is 0 Å². The van der Waals surface area contributed by atoms with Gasteiger partial charge in [-0.25, -0.2) is 9.97 Å². The largest absolute Gasteiger partial charge is 0.396 e. The summed E-state index contributed by atoms with van der Waals surface area (Å²) >= 11 is 6.05. The summed E-state index contributed by atoms with van der Waals surface area (Å²) in [4.78, 5) is 8.20. The van der Waals surface area contributed by atoms with Crippen LogP contribution in [0.15, 0.2) is 6.33 Å². The average molecular weight is 258 g/mol. The van der Waals surface area contributed by atoms with Gasteiger partial charge in [0.1, 0.15) is 17.3 Å². The minimum absolute atomic E-state index is 0.127. The number of hydrogen-bond acceptors (Lipinski definition) is 4. The molecule has 1 aromatic rings. The molecule has 0 saturated heterocycles. The summed E-state index contributed by atoms with van der Waals surface area (Å²) in [5, 5.41) is 12.9. The lowest BCUT2D eigenvalue weighted by atomic mass is 9.95. The Labute approximate surface area is 107 Å². The van der Waals surface area contributed by atoms with Crippen LogP contribution in [0.5, 0.6) is 0 Å². The minimum Gasteiger partial charge on any atom is -0.396 e. The Morgan fingerprint density at radius 1 is 1.41 bits per heavy atom. The molecule has 0 radical (unpaired) electrons. The fourth-order valence-corrected chi connectivity index (χ4v) is 1.62. The van der Waals surface area contributed by atoms with Crippen LogP contribution in [0.3, 0.4) is 0 Å². The van der Waals surface area contributed by atoms with E-state index in [9.17, 15) is 5.11 Å². The number of rotatable bonds is 6. The van der Waals surface area contributed by atoms with Crippen LogP contribution in [0.1, 0.15) is 32.8 Å². The van der Waals surface area contributed by atoms with E-state index in [-0.39, 0.29) is 12.0 Å². The molecule has 1 heterocycles. The first-order chi connectivity index (χ1) is 8.00. The predicted molar refractivity (Wildman–Crippen MR) is 70.4 cm³/mol. The smallest absolute Gasteiger partial charge is 0.137 e. The molecule has 0 atom stereocenters. The Hall–Kier alpha value is -0.870. The Bertz CT molecular complexity index is 369. The van der Waals surface area contributed by atoms with Crippen molar-refractivity contribution in [2.45, 2.75) is 33.6 Å². The van der Waals surface area contributed by atoms with Crippen LogP contribution >= 0.6 is 11.6 Å². The van der Waals surface area contributed by atoms with Crippen molar-refractivity contribution in [2.24, 2.45) is 5.41 Å². The second-order valence-corrected chi connectivity index (χ2v) is 5.28. The van der Waals surface area contributed by atoms with Crippen molar-refractivity contribution in [1.82, 2.24) is 9.97 Å². The molecule has 0 unspecified atom stereocenters. The Kier molecular flexibility index (Phi) is 5.15. The Morgan fingerprint density at radius 3 is 2.71 bits per heavy atom. The van der Waals surface area contributed by atoms with E-state index >= 15 is 0 Å². The lowest BCUT2D eigenvalue weighted by molar-refractivity contribution is 0.170. The molecule has 0 aromatic carbocycles. The van der Waals surface area contributed by atoms with Gasteiger partial charge in [-0.2, -0.15) is 0 Å². The van der Waals surface area contributed by atoms with Crippen LogP contribution in [-0.4, -0.2) is 28.2 Å². The molecule has 0 aliphatic heterocycles. The van der Waals surface area contributed by atoms with Crippen molar-refractivity contribution in [3.05, 3.63) is 17.0 Å². The van der Waals surface area contributed by atoms with Crippen molar-refractivity contribution >= 4 is 17.4 Å². The summed E-state index contributed by atoms with van der Waals surface area (Å²) in [6, 6.07) is 0. The van der Waals surface area contributed by atoms with Crippen molar-refractivity contribution in [3.8, 4) is 0 Å². The normalized spacial score (nSPS) is 11.6. The predicted octanol–water partition coefficient (Wildman–Crippen LogP) is 2.51. The standard InChI is InChI=1S/C12H20ClN3O/c1-4-5-9-10(13)15-8-16-11(9)14-6-12(2,3)7-17/h8,17H,4-7H2,1-3H3,(H,14,15,16). The summed E-state index contributed by atoms with van der Waals surface area (Å²) in [5.41, 5.74) is 0.770. The molecule has 0 bridgehead atoms. The number of anilines is 1. The number of aliphatic hydroxyl groups excluding tert-OH is 1. The van der Waals surface area contributed by atoms with Crippen LogP contribution in [-0.2, 0) is 6.42 Å². The molecule has 1 rings (SSSR count). The molecule has 0 spiro atoms. The SMILES string of the molecule is CCCc1c(Cl)ncnc1NCC(C)(C)CO. The van der Waals surface area contributed by atoms with Gasteiger partial charge in [0, 0.05) is 24.1 Å². The van der Waals surface area contributed by atoms with Gasteiger partial charge in [-0.15, -0.1) is 0 Å². The van der Waals surface area contributed by atoms with Crippen molar-refractivity contribution in [2.75, 3.05) is 18.5 Å². The van der Waals surface area contributed by atoms with Gasteiger partial charge in [-0.1, -0.05) is 38.8 Å². The zero-order valence-corrected chi connectivity index (χ0v) is 11.4. The molecule has 0 amide bonds. The molecular weight excluding hydrogens is 238 g/mol. The van der Waals surface area contributed by atoms with Gasteiger partial charge in [-0.05, 0) is 6.42 Å². The van der Waals surface area contributed by atoms with E-state index in [1.54, 1.807) is 0 Å². The highest BCUT2D eigenvalue weighted by Gasteiger charge is 2.17. The lowest BCUT2D eigenvalue weighted by Crippen LogP contribution is -2.27. The third-order valence-electron chi connectivity index (χ3n) is 2.56. The van der Waals surface area contributed by atoms with E-state index in [0.29, 0.717) is 11.7 Å². The second-order valence-electron chi connectivity index (χ2n) is 4.92. The molecule has 17 heavy (non-hydrogen) atoms. The first-order valence-electron chi connectivity index (χ1n) is 5.84. The molecular formula is C12H20ClN3O. The molecule has 4 nitrogen and oxygen atoms in total. The summed E-state index contributed by atoms with van der Waals surface area (Å²) in [6.07, 6.45) is 3.29. The molecule has 5 heteroatoms. The monoisotopic (exact) mass is 257 g/mol. The summed E-state index contributed by atoms with van der Waals surface area (Å²) in [6.45, 7) is 6.84. The zero-order chi connectivity index (χ0) is 12.9. The highest BCUT2D eigenvalue weighted by Crippen LogP contribution is 2.23. The van der Waals surface area contributed by atoms with Crippen molar-refractivity contribution < 1.29 is 5.11 Å². The highest BCUT2D eigenvalue weighted by molar-refractivity contribution is 6.30. The number of hydrogen-bond donors (Lipinski definition) is 2. The van der Waals surface area contributed by atoms with Gasteiger partial charge < -0.3 is 10.4 Å². The van der Waals surface area contributed by atoms with Gasteiger partial charge >= 0.3 is 0 Å². The van der Waals surface area contributed by atoms with Crippen LogP contribution in [0, 0.1) is 5.41 Å². The van der Waals surface area contributed by atoms with Gasteiger partial charge in [0.15, 0.2) is 0 Å². The maximum Gasteiger partial charge on any atom is 0.137 e. The third kappa shape index (κ3) is 4.13. The molecule has 0 saturated carbocycles. The van der Waals surface area contributed by atoms with Crippen molar-refractivity contribution in [3.63, 3.8) is 0 Å². The topological polar surface area (TPSA) is 58.0 Å². The summed E-state index contributed by atoms with van der Waals surface area (Å²) < 4.78 is 0. The molecule has 0 aliphatic carbocycles. The Balaban J connectivity index is 2.80. The summed E-state index contributed by atoms with van der Waals surface area (Å²) in [7, 11) is 0. The quantitative estimate of drug-likeness (QED) is 0.769. The first-order valence-corrected chi connectivity index (χ1v) is 6.22. The highest BCUT2D eigenvalue weighted by atomic mass is 35.5. The van der Waals surface area contributed by atoms with E-state index in [1.165, 1.54) is 6.33 Å². The van der Waals surface area contributed by atoms with Gasteiger partial charge in [-0.3, -0.25) is 0 Å². The van der Waals surface area contributed by atoms with Crippen LogP contribution in [0.4, 0.5) is 5.82 Å². The molecule has 0 aliphatic rings. The molecule has 1 aromatic heterocycles. The van der Waals surface area contributed by atoms with Crippen LogP contribution in [0.2, 0.25) is 5.15 Å². The number of nitrogens with zero attached hydrogens (tertiary/aromatic N) is 2. The van der Waals surface area contributed by atoms with Crippen LogP contribution in [0.25, 0.3) is 0 Å². The number of aliphatic hydroxyl groups is 1. The number of halogens is 1. The second kappa shape index (κ2) is 6.17. The van der Waals surface area contributed by atoms with E-state index in [1.807, 2.05) is 13.8 Å². The fraction of sp³-hybridized carbons (Fsp3) is 0.667. The minimum atomic E-state index is -0.180. The van der Waals surface area contributed by atoms with E-state index in [4.69, 9.17) is 11.6 Å². The fourth-order valence-electron chi connectivity index (χ4n) is 1.39. The molecule has 2 N–H and O–H groups in total. The van der Waals surface area contributed by atoms with E-state index < -0.39 is 0 Å². The van der Waals surface area contributed by atoms with Gasteiger partial charge in [0.05, 0.1) is 0 Å². The van der Waals surface area contributed by atoms with E-state index in [2.05, 4.69) is 22.2 Å². The van der Waals surface area contributed by atoms with Crippen LogP contribution < -0.4 is 5.32 Å². The van der Waals surface area contributed by atoms with Crippen molar-refractivity contribution in [1.29, 1.82) is 0 Å².